The van der Waals surface area contributed by atoms with Crippen LogP contribution in [0.15, 0.2) is 65.3 Å². The number of pyridine rings is 1. The van der Waals surface area contributed by atoms with Crippen LogP contribution in [-0.2, 0) is 13.1 Å². The predicted octanol–water partition coefficient (Wildman–Crippen LogP) is 4.19. The summed E-state index contributed by atoms with van der Waals surface area (Å²) < 4.78 is 19.4. The summed E-state index contributed by atoms with van der Waals surface area (Å²) in [4.78, 5) is 3.97. The second-order valence-corrected chi connectivity index (χ2v) is 4.70. The quantitative estimate of drug-likeness (QED) is 0.766. The zero-order valence-corrected chi connectivity index (χ0v) is 12.6. The number of nitrogens with zero attached hydrogens (tertiary/aromatic N) is 1. The van der Waals surface area contributed by atoms with Crippen LogP contribution < -0.4 is 5.32 Å². The highest BCUT2D eigenvalue weighted by molar-refractivity contribution is 5.85. The van der Waals surface area contributed by atoms with Gasteiger partial charge in [0.15, 0.2) is 0 Å². The lowest BCUT2D eigenvalue weighted by atomic mass is 10.1. The fourth-order valence-electron chi connectivity index (χ4n) is 2.11. The lowest BCUT2D eigenvalue weighted by molar-refractivity contribution is 0.490. The van der Waals surface area contributed by atoms with E-state index in [0.717, 1.165) is 17.9 Å². The van der Waals surface area contributed by atoms with E-state index >= 15 is 0 Å². The molecule has 114 valence electrons. The van der Waals surface area contributed by atoms with Crippen molar-refractivity contribution >= 4 is 12.4 Å². The number of hydrogen-bond acceptors (Lipinski definition) is 3. The van der Waals surface area contributed by atoms with E-state index in [0.29, 0.717) is 17.9 Å². The highest BCUT2D eigenvalue weighted by atomic mass is 35.5. The molecule has 1 aromatic carbocycles. The molecule has 0 aliphatic heterocycles. The van der Waals surface area contributed by atoms with Gasteiger partial charge < -0.3 is 9.73 Å². The lowest BCUT2D eigenvalue weighted by Crippen LogP contribution is -2.11. The number of furan rings is 1. The molecule has 0 radical (unpaired) electrons. The van der Waals surface area contributed by atoms with Gasteiger partial charge in [0.1, 0.15) is 17.3 Å². The molecule has 3 rings (SSSR count). The topological polar surface area (TPSA) is 38.1 Å². The van der Waals surface area contributed by atoms with Gasteiger partial charge in [-0.2, -0.15) is 0 Å². The zero-order chi connectivity index (χ0) is 14.5. The molecule has 0 spiro atoms. The van der Waals surface area contributed by atoms with Crippen molar-refractivity contribution in [1.82, 2.24) is 10.3 Å². The number of aromatic nitrogens is 1. The second kappa shape index (κ2) is 7.73. The molecule has 0 aliphatic carbocycles. The normalized spacial score (nSPS) is 10.2. The average molecular weight is 319 g/mol. The summed E-state index contributed by atoms with van der Waals surface area (Å²) in [6.45, 7) is 1.33. The zero-order valence-electron chi connectivity index (χ0n) is 11.8. The van der Waals surface area contributed by atoms with Crippen LogP contribution >= 0.6 is 12.4 Å². The van der Waals surface area contributed by atoms with E-state index in [-0.39, 0.29) is 18.2 Å². The van der Waals surface area contributed by atoms with Gasteiger partial charge in [-0.3, -0.25) is 4.98 Å². The van der Waals surface area contributed by atoms with Gasteiger partial charge in [0.05, 0.1) is 12.1 Å². The van der Waals surface area contributed by atoms with Gasteiger partial charge in [0.2, 0.25) is 0 Å². The molecule has 2 heterocycles. The van der Waals surface area contributed by atoms with Crippen molar-refractivity contribution in [3.63, 3.8) is 0 Å². The lowest BCUT2D eigenvalue weighted by Gasteiger charge is -2.03. The molecule has 5 heteroatoms. The highest BCUT2D eigenvalue weighted by Crippen LogP contribution is 2.24. The van der Waals surface area contributed by atoms with E-state index in [2.05, 4.69) is 10.3 Å². The Hall–Kier alpha value is -2.17. The van der Waals surface area contributed by atoms with Gasteiger partial charge >= 0.3 is 0 Å². The summed E-state index contributed by atoms with van der Waals surface area (Å²) in [5, 5.41) is 3.28. The van der Waals surface area contributed by atoms with E-state index in [1.807, 2.05) is 18.2 Å². The van der Waals surface area contributed by atoms with Gasteiger partial charge in [-0.05, 0) is 42.0 Å². The predicted molar refractivity (Wildman–Crippen MR) is 86.1 cm³/mol. The molecule has 0 saturated heterocycles. The summed E-state index contributed by atoms with van der Waals surface area (Å²) >= 11 is 0. The van der Waals surface area contributed by atoms with E-state index < -0.39 is 0 Å². The molecule has 3 nitrogen and oxygen atoms in total. The van der Waals surface area contributed by atoms with Gasteiger partial charge in [-0.25, -0.2) is 4.39 Å². The minimum absolute atomic E-state index is 0. The summed E-state index contributed by atoms with van der Waals surface area (Å²) in [6.07, 6.45) is 3.53. The van der Waals surface area contributed by atoms with Gasteiger partial charge in [0.25, 0.3) is 0 Å². The number of hydrogen-bond donors (Lipinski definition) is 1. The molecule has 0 fully saturated rings. The first-order chi connectivity index (χ1) is 10.3. The maximum absolute atomic E-state index is 13.7. The van der Waals surface area contributed by atoms with Crippen LogP contribution in [0.3, 0.4) is 0 Å². The molecule has 1 N–H and O–H groups in total. The van der Waals surface area contributed by atoms with E-state index in [4.69, 9.17) is 4.42 Å². The van der Waals surface area contributed by atoms with Crippen LogP contribution in [0.2, 0.25) is 0 Å². The van der Waals surface area contributed by atoms with Crippen molar-refractivity contribution in [1.29, 1.82) is 0 Å². The van der Waals surface area contributed by atoms with Crippen molar-refractivity contribution in [3.05, 3.63) is 78.1 Å². The average Bonchev–Trinajstić information content (AvgIpc) is 2.97. The first-order valence-electron chi connectivity index (χ1n) is 6.76. The van der Waals surface area contributed by atoms with Crippen molar-refractivity contribution < 1.29 is 8.81 Å². The van der Waals surface area contributed by atoms with Crippen molar-refractivity contribution in [3.8, 4) is 11.3 Å². The fraction of sp³-hybridized carbons (Fsp3) is 0.118. The molecule has 0 saturated carbocycles. The Morgan fingerprint density at radius 1 is 0.955 bits per heavy atom. The Morgan fingerprint density at radius 2 is 1.73 bits per heavy atom. The SMILES string of the molecule is Cl.Fc1ccccc1-c1ccc(CNCc2ccncc2)o1. The van der Waals surface area contributed by atoms with Crippen LogP contribution in [0.1, 0.15) is 11.3 Å². The number of rotatable bonds is 5. The molecular formula is C17H16ClFN2O. The van der Waals surface area contributed by atoms with Crippen LogP contribution in [0.4, 0.5) is 4.39 Å². The van der Waals surface area contributed by atoms with E-state index in [1.54, 1.807) is 36.7 Å². The molecule has 0 unspecified atom stereocenters. The van der Waals surface area contributed by atoms with Crippen LogP contribution in [-0.4, -0.2) is 4.98 Å². The molecule has 3 aromatic rings. The van der Waals surface area contributed by atoms with Gasteiger partial charge in [0, 0.05) is 18.9 Å². The number of benzene rings is 1. The largest absolute Gasteiger partial charge is 0.460 e. The van der Waals surface area contributed by atoms with E-state index in [9.17, 15) is 4.39 Å². The molecule has 0 bridgehead atoms. The number of halogens is 2. The van der Waals surface area contributed by atoms with Crippen molar-refractivity contribution in [2.45, 2.75) is 13.1 Å². The highest BCUT2D eigenvalue weighted by Gasteiger charge is 2.08. The summed E-state index contributed by atoms with van der Waals surface area (Å²) in [5.41, 5.74) is 1.64. The second-order valence-electron chi connectivity index (χ2n) is 4.70. The van der Waals surface area contributed by atoms with Gasteiger partial charge in [-0.15, -0.1) is 12.4 Å². The molecule has 0 aliphatic rings. The Labute approximate surface area is 134 Å². The standard InChI is InChI=1S/C17H15FN2O.ClH/c18-16-4-2-1-3-15(16)17-6-5-14(21-17)12-20-11-13-7-9-19-10-8-13;/h1-10,20H,11-12H2;1H. The van der Waals surface area contributed by atoms with Crippen LogP contribution in [0.25, 0.3) is 11.3 Å². The molecule has 0 atom stereocenters. The third-order valence-corrected chi connectivity index (χ3v) is 3.18. The number of nitrogens with one attached hydrogen (secondary N) is 1. The molecule has 22 heavy (non-hydrogen) atoms. The summed E-state index contributed by atoms with van der Waals surface area (Å²) in [7, 11) is 0. The summed E-state index contributed by atoms with van der Waals surface area (Å²) in [6, 6.07) is 14.2. The molecular weight excluding hydrogens is 303 g/mol. The van der Waals surface area contributed by atoms with Gasteiger partial charge in [-0.1, -0.05) is 12.1 Å². The Kier molecular flexibility index (Phi) is 5.69. The fourth-order valence-corrected chi connectivity index (χ4v) is 2.11. The van der Waals surface area contributed by atoms with E-state index in [1.165, 1.54) is 6.07 Å². The molecule has 2 aromatic heterocycles. The first kappa shape index (κ1) is 16.2. The third kappa shape index (κ3) is 3.93. The Balaban J connectivity index is 0.00000176. The monoisotopic (exact) mass is 318 g/mol. The first-order valence-corrected chi connectivity index (χ1v) is 6.76. The van der Waals surface area contributed by atoms with Crippen LogP contribution in [0, 0.1) is 5.82 Å². The maximum atomic E-state index is 13.7. The van der Waals surface area contributed by atoms with Crippen LogP contribution in [0.5, 0.6) is 0 Å². The smallest absolute Gasteiger partial charge is 0.137 e. The molecule has 0 amide bonds. The Bertz CT molecular complexity index is 715. The minimum Gasteiger partial charge on any atom is -0.460 e. The van der Waals surface area contributed by atoms with Crippen molar-refractivity contribution in [2.24, 2.45) is 0 Å². The minimum atomic E-state index is -0.275. The third-order valence-electron chi connectivity index (χ3n) is 3.18. The Morgan fingerprint density at radius 3 is 2.50 bits per heavy atom. The summed E-state index contributed by atoms with van der Waals surface area (Å²) in [5.74, 6) is 1.05. The maximum Gasteiger partial charge on any atom is 0.137 e. The van der Waals surface area contributed by atoms with Crippen molar-refractivity contribution in [2.75, 3.05) is 0 Å².